The third kappa shape index (κ3) is 3.29. The van der Waals surface area contributed by atoms with Gasteiger partial charge < -0.3 is 20.6 Å². The fourth-order valence-electron chi connectivity index (χ4n) is 2.82. The standard InChI is InChI=1S/C15H24FN3O/c1-10(17)11-4-5-15(14(16)6-11)19-9-13(20)7-12(19)8-18(2)3/h4-6,10,12-13,20H,7-9,17H2,1-3H3/t10-,12?,13?/m1/s1. The number of rotatable bonds is 4. The van der Waals surface area contributed by atoms with Crippen molar-refractivity contribution in [2.45, 2.75) is 31.5 Å². The number of likely N-dealkylation sites (N-methyl/N-ethyl adjacent to an activating group) is 1. The van der Waals surface area contributed by atoms with Crippen LogP contribution in [-0.2, 0) is 0 Å². The Hall–Kier alpha value is -1.17. The third-order valence-corrected chi connectivity index (χ3v) is 3.78. The molecule has 5 heteroatoms. The number of anilines is 1. The summed E-state index contributed by atoms with van der Waals surface area (Å²) in [5.41, 5.74) is 7.12. The first-order chi connectivity index (χ1) is 9.38. The zero-order valence-corrected chi connectivity index (χ0v) is 12.4. The first-order valence-corrected chi connectivity index (χ1v) is 7.03. The summed E-state index contributed by atoms with van der Waals surface area (Å²) >= 11 is 0. The second-order valence-electron chi connectivity index (χ2n) is 5.96. The second-order valence-corrected chi connectivity index (χ2v) is 5.96. The van der Waals surface area contributed by atoms with Crippen LogP contribution in [0.25, 0.3) is 0 Å². The van der Waals surface area contributed by atoms with Crippen LogP contribution in [-0.4, -0.2) is 49.3 Å². The summed E-state index contributed by atoms with van der Waals surface area (Å²) < 4.78 is 14.3. The number of β-amino-alcohol motifs (C(OH)–C–C–N with tert-alkyl or cyclic N) is 1. The molecule has 1 saturated heterocycles. The summed E-state index contributed by atoms with van der Waals surface area (Å²) in [5.74, 6) is -0.266. The molecule has 4 nitrogen and oxygen atoms in total. The van der Waals surface area contributed by atoms with Gasteiger partial charge in [-0.05, 0) is 45.1 Å². The van der Waals surface area contributed by atoms with Crippen molar-refractivity contribution in [1.82, 2.24) is 4.90 Å². The van der Waals surface area contributed by atoms with Gasteiger partial charge in [0, 0.05) is 25.2 Å². The molecule has 1 aliphatic rings. The van der Waals surface area contributed by atoms with Gasteiger partial charge in [-0.15, -0.1) is 0 Å². The SMILES string of the molecule is C[C@@H](N)c1ccc(N2CC(O)CC2CN(C)C)c(F)c1. The topological polar surface area (TPSA) is 52.7 Å². The molecule has 1 aromatic carbocycles. The van der Waals surface area contributed by atoms with Crippen LogP contribution in [0.2, 0.25) is 0 Å². The van der Waals surface area contributed by atoms with Crippen molar-refractivity contribution in [2.75, 3.05) is 32.1 Å². The Morgan fingerprint density at radius 1 is 1.50 bits per heavy atom. The van der Waals surface area contributed by atoms with E-state index in [9.17, 15) is 9.50 Å². The van der Waals surface area contributed by atoms with Crippen molar-refractivity contribution < 1.29 is 9.50 Å². The number of nitrogens with zero attached hydrogens (tertiary/aromatic N) is 2. The number of benzene rings is 1. The summed E-state index contributed by atoms with van der Waals surface area (Å²) in [6.45, 7) is 3.11. The van der Waals surface area contributed by atoms with Crippen LogP contribution in [0.15, 0.2) is 18.2 Å². The molecule has 0 radical (unpaired) electrons. The molecule has 0 amide bonds. The number of halogens is 1. The van der Waals surface area contributed by atoms with Crippen molar-refractivity contribution in [3.8, 4) is 0 Å². The molecule has 0 aromatic heterocycles. The summed E-state index contributed by atoms with van der Waals surface area (Å²) in [5, 5.41) is 9.88. The van der Waals surface area contributed by atoms with Gasteiger partial charge in [-0.1, -0.05) is 6.07 Å². The fourth-order valence-corrected chi connectivity index (χ4v) is 2.82. The van der Waals surface area contributed by atoms with E-state index in [2.05, 4.69) is 4.90 Å². The molecule has 1 fully saturated rings. The molecule has 3 atom stereocenters. The normalized spacial score (nSPS) is 24.4. The van der Waals surface area contributed by atoms with E-state index in [1.165, 1.54) is 6.07 Å². The van der Waals surface area contributed by atoms with Gasteiger partial charge in [0.15, 0.2) is 0 Å². The van der Waals surface area contributed by atoms with Crippen LogP contribution in [0.5, 0.6) is 0 Å². The van der Waals surface area contributed by atoms with Crippen LogP contribution in [0.4, 0.5) is 10.1 Å². The summed E-state index contributed by atoms with van der Waals surface area (Å²) in [6.07, 6.45) is 0.277. The largest absolute Gasteiger partial charge is 0.391 e. The lowest BCUT2D eigenvalue weighted by Crippen LogP contribution is -2.38. The lowest BCUT2D eigenvalue weighted by atomic mass is 10.1. The first kappa shape index (κ1) is 15.2. The molecule has 0 spiro atoms. The molecule has 3 N–H and O–H groups in total. The van der Waals surface area contributed by atoms with E-state index in [4.69, 9.17) is 5.73 Å². The van der Waals surface area contributed by atoms with Gasteiger partial charge in [-0.3, -0.25) is 0 Å². The third-order valence-electron chi connectivity index (χ3n) is 3.78. The monoisotopic (exact) mass is 281 g/mol. The predicted octanol–water partition coefficient (Wildman–Crippen LogP) is 1.35. The number of aliphatic hydroxyl groups excluding tert-OH is 1. The maximum Gasteiger partial charge on any atom is 0.146 e. The highest BCUT2D eigenvalue weighted by molar-refractivity contribution is 5.52. The Morgan fingerprint density at radius 2 is 2.20 bits per heavy atom. The highest BCUT2D eigenvalue weighted by Gasteiger charge is 2.32. The minimum atomic E-state index is -0.396. The Kier molecular flexibility index (Phi) is 4.62. The molecule has 20 heavy (non-hydrogen) atoms. The predicted molar refractivity (Wildman–Crippen MR) is 79.3 cm³/mol. The van der Waals surface area contributed by atoms with Gasteiger partial charge in [0.1, 0.15) is 5.82 Å². The molecule has 2 rings (SSSR count). The zero-order valence-electron chi connectivity index (χ0n) is 12.4. The van der Waals surface area contributed by atoms with E-state index in [0.717, 1.165) is 12.1 Å². The lowest BCUT2D eigenvalue weighted by molar-refractivity contribution is 0.191. The average Bonchev–Trinajstić information content (AvgIpc) is 2.68. The molecule has 1 heterocycles. The molecule has 1 aromatic rings. The Bertz CT molecular complexity index is 464. The van der Waals surface area contributed by atoms with Crippen molar-refractivity contribution in [2.24, 2.45) is 5.73 Å². The van der Waals surface area contributed by atoms with Crippen LogP contribution < -0.4 is 10.6 Å². The summed E-state index contributed by atoms with van der Waals surface area (Å²) in [4.78, 5) is 4.02. The molecular weight excluding hydrogens is 257 g/mol. The minimum absolute atomic E-state index is 0.135. The van der Waals surface area contributed by atoms with Gasteiger partial charge >= 0.3 is 0 Å². The van der Waals surface area contributed by atoms with E-state index >= 15 is 0 Å². The van der Waals surface area contributed by atoms with E-state index in [1.807, 2.05) is 32.0 Å². The van der Waals surface area contributed by atoms with E-state index in [-0.39, 0.29) is 17.9 Å². The number of nitrogens with two attached hydrogens (primary N) is 1. The van der Waals surface area contributed by atoms with Crippen molar-refractivity contribution in [3.05, 3.63) is 29.6 Å². The number of aliphatic hydroxyl groups is 1. The molecule has 0 bridgehead atoms. The smallest absolute Gasteiger partial charge is 0.146 e. The van der Waals surface area contributed by atoms with Crippen LogP contribution >= 0.6 is 0 Å². The van der Waals surface area contributed by atoms with Gasteiger partial charge in [-0.2, -0.15) is 0 Å². The summed E-state index contributed by atoms with van der Waals surface area (Å²) in [6, 6.07) is 5.09. The highest BCUT2D eigenvalue weighted by atomic mass is 19.1. The van der Waals surface area contributed by atoms with E-state index < -0.39 is 6.10 Å². The Labute approximate surface area is 120 Å². The van der Waals surface area contributed by atoms with Gasteiger partial charge in [0.05, 0.1) is 11.8 Å². The average molecular weight is 281 g/mol. The van der Waals surface area contributed by atoms with Crippen LogP contribution in [0, 0.1) is 5.82 Å². The van der Waals surface area contributed by atoms with Crippen molar-refractivity contribution in [3.63, 3.8) is 0 Å². The molecule has 112 valence electrons. The fraction of sp³-hybridized carbons (Fsp3) is 0.600. The van der Waals surface area contributed by atoms with Gasteiger partial charge in [-0.25, -0.2) is 4.39 Å². The van der Waals surface area contributed by atoms with Crippen LogP contribution in [0.1, 0.15) is 24.9 Å². The van der Waals surface area contributed by atoms with Gasteiger partial charge in [0.2, 0.25) is 0 Å². The van der Waals surface area contributed by atoms with Gasteiger partial charge in [0.25, 0.3) is 0 Å². The summed E-state index contributed by atoms with van der Waals surface area (Å²) in [7, 11) is 3.97. The maximum atomic E-state index is 14.3. The van der Waals surface area contributed by atoms with Crippen molar-refractivity contribution in [1.29, 1.82) is 0 Å². The molecule has 2 unspecified atom stereocenters. The second kappa shape index (κ2) is 6.08. The number of hydrogen-bond acceptors (Lipinski definition) is 4. The zero-order chi connectivity index (χ0) is 14.9. The van der Waals surface area contributed by atoms with E-state index in [0.29, 0.717) is 18.7 Å². The Balaban J connectivity index is 2.25. The molecular formula is C15H24FN3O. The first-order valence-electron chi connectivity index (χ1n) is 7.03. The molecule has 0 saturated carbocycles. The van der Waals surface area contributed by atoms with E-state index in [1.54, 1.807) is 6.07 Å². The van der Waals surface area contributed by atoms with Crippen LogP contribution in [0.3, 0.4) is 0 Å². The lowest BCUT2D eigenvalue weighted by Gasteiger charge is -2.29. The van der Waals surface area contributed by atoms with Crippen molar-refractivity contribution >= 4 is 5.69 Å². The number of hydrogen-bond donors (Lipinski definition) is 2. The maximum absolute atomic E-state index is 14.3. The quantitative estimate of drug-likeness (QED) is 0.874. The molecule has 0 aliphatic carbocycles. The highest BCUT2D eigenvalue weighted by Crippen LogP contribution is 2.30. The minimum Gasteiger partial charge on any atom is -0.391 e. The Morgan fingerprint density at radius 3 is 2.75 bits per heavy atom. The molecule has 1 aliphatic heterocycles.